The van der Waals surface area contributed by atoms with Crippen molar-refractivity contribution in [1.82, 2.24) is 0 Å². The first-order chi connectivity index (χ1) is 19.8. The van der Waals surface area contributed by atoms with Gasteiger partial charge in [-0.1, -0.05) is 98.5 Å². The van der Waals surface area contributed by atoms with Crippen molar-refractivity contribution in [2.24, 2.45) is 0 Å². The maximum absolute atomic E-state index is 3.60. The first kappa shape index (κ1) is 28.0. The molecule has 0 unspecified atom stereocenters. The molecule has 0 aliphatic carbocycles. The number of benzene rings is 4. The minimum Gasteiger partial charge on any atom is -0.385 e. The largest absolute Gasteiger partial charge is 0.385 e. The number of rotatable bonds is 0. The van der Waals surface area contributed by atoms with Crippen LogP contribution in [0.5, 0.6) is 0 Å². The van der Waals surface area contributed by atoms with Crippen molar-refractivity contribution in [1.29, 1.82) is 0 Å². The Morgan fingerprint density at radius 2 is 0.600 bits per heavy atom. The van der Waals surface area contributed by atoms with Gasteiger partial charge in [0.15, 0.2) is 0 Å². The van der Waals surface area contributed by atoms with Gasteiger partial charge in [0.25, 0.3) is 0 Å². The molecule has 0 spiro atoms. The molecule has 9 aliphatic rings. The first-order valence-corrected chi connectivity index (χ1v) is 15.6. The van der Waals surface area contributed by atoms with Gasteiger partial charge in [-0.3, -0.25) is 0 Å². The average molecular weight is 531 g/mol. The third-order valence-corrected chi connectivity index (χ3v) is 8.21. The average Bonchev–Trinajstić information content (AvgIpc) is 2.99. The van der Waals surface area contributed by atoms with Crippen LogP contribution in [-0.4, -0.2) is 13.1 Å². The Morgan fingerprint density at radius 3 is 0.975 bits per heavy atom. The van der Waals surface area contributed by atoms with E-state index in [1.807, 2.05) is 0 Å². The highest BCUT2D eigenvalue weighted by molar-refractivity contribution is 5.46. The van der Waals surface area contributed by atoms with E-state index in [2.05, 4.69) is 108 Å². The summed E-state index contributed by atoms with van der Waals surface area (Å²) in [6, 6.07) is 36.6. The van der Waals surface area contributed by atoms with Crippen LogP contribution in [0.4, 0.5) is 11.4 Å². The van der Waals surface area contributed by atoms with E-state index in [-0.39, 0.29) is 0 Å². The fraction of sp³-hybridized carbons (Fsp3) is 0.368. The Balaban J connectivity index is 1.15. The molecule has 8 bridgehead atoms. The fourth-order valence-electron chi connectivity index (χ4n) is 5.68. The normalized spacial score (nSPS) is 16.0. The topological polar surface area (TPSA) is 24.1 Å². The zero-order valence-electron chi connectivity index (χ0n) is 24.1. The smallest absolute Gasteiger partial charge is 0.0340 e. The van der Waals surface area contributed by atoms with Crippen LogP contribution in [0.25, 0.3) is 0 Å². The third-order valence-electron chi connectivity index (χ3n) is 8.21. The molecule has 208 valence electrons. The van der Waals surface area contributed by atoms with E-state index in [0.29, 0.717) is 0 Å². The summed E-state index contributed by atoms with van der Waals surface area (Å²) >= 11 is 0. The Kier molecular flexibility index (Phi) is 10.7. The highest BCUT2D eigenvalue weighted by Gasteiger charge is 2.02. The highest BCUT2D eigenvalue weighted by Crippen LogP contribution is 2.18. The zero-order valence-corrected chi connectivity index (χ0v) is 24.1. The van der Waals surface area contributed by atoms with Gasteiger partial charge < -0.3 is 10.6 Å². The predicted molar refractivity (Wildman–Crippen MR) is 173 cm³/mol. The Bertz CT molecular complexity index is 1150. The lowest BCUT2D eigenvalue weighted by molar-refractivity contribution is 0.640. The molecule has 40 heavy (non-hydrogen) atoms. The molecule has 2 heteroatoms. The molecule has 2 nitrogen and oxygen atoms in total. The quantitative estimate of drug-likeness (QED) is 0.236. The van der Waals surface area contributed by atoms with Crippen molar-refractivity contribution >= 4 is 11.4 Å². The summed E-state index contributed by atoms with van der Waals surface area (Å²) in [5.41, 5.74) is 10.9. The summed E-state index contributed by atoms with van der Waals surface area (Å²) in [6.07, 6.45) is 14.5. The molecule has 2 N–H and O–H groups in total. The molecule has 13 rings (SSSR count). The lowest BCUT2D eigenvalue weighted by Crippen LogP contribution is -2.03. The molecule has 0 aromatic heterocycles. The summed E-state index contributed by atoms with van der Waals surface area (Å²) < 4.78 is 0. The van der Waals surface area contributed by atoms with Gasteiger partial charge >= 0.3 is 0 Å². The van der Waals surface area contributed by atoms with Crippen molar-refractivity contribution in [2.75, 3.05) is 23.7 Å². The van der Waals surface area contributed by atoms with Gasteiger partial charge in [0.2, 0.25) is 0 Å². The van der Waals surface area contributed by atoms with Gasteiger partial charge in [-0.25, -0.2) is 0 Å². The predicted octanol–water partition coefficient (Wildman–Crippen LogP) is 9.61. The lowest BCUT2D eigenvalue weighted by Gasteiger charge is -2.10. The van der Waals surface area contributed by atoms with Gasteiger partial charge in [0, 0.05) is 24.5 Å². The summed E-state index contributed by atoms with van der Waals surface area (Å²) in [4.78, 5) is 0. The Hall–Kier alpha value is -3.52. The van der Waals surface area contributed by atoms with Crippen LogP contribution in [0.1, 0.15) is 84.7 Å². The van der Waals surface area contributed by atoms with E-state index in [0.717, 1.165) is 25.9 Å². The van der Waals surface area contributed by atoms with E-state index in [1.165, 1.54) is 109 Å². The van der Waals surface area contributed by atoms with E-state index >= 15 is 0 Å². The van der Waals surface area contributed by atoms with E-state index in [9.17, 15) is 0 Å². The maximum atomic E-state index is 3.60. The van der Waals surface area contributed by atoms with Gasteiger partial charge in [-0.05, 0) is 109 Å². The summed E-state index contributed by atoms with van der Waals surface area (Å²) in [5, 5.41) is 7.20. The number of aryl methyl sites for hydroxylation is 2. The molecule has 0 atom stereocenters. The summed E-state index contributed by atoms with van der Waals surface area (Å²) in [7, 11) is 0. The monoisotopic (exact) mass is 530 g/mol. The second-order valence-corrected chi connectivity index (χ2v) is 11.6. The van der Waals surface area contributed by atoms with E-state index in [1.54, 1.807) is 0 Å². The first-order valence-electron chi connectivity index (χ1n) is 15.6. The summed E-state index contributed by atoms with van der Waals surface area (Å²) in [6.45, 7) is 2.08. The van der Waals surface area contributed by atoms with Crippen LogP contribution in [0.15, 0.2) is 97.1 Å². The van der Waals surface area contributed by atoms with Crippen LogP contribution in [-0.2, 0) is 25.7 Å². The minimum atomic E-state index is 1.000. The Morgan fingerprint density at radius 1 is 0.300 bits per heavy atom. The number of hydrogen-bond acceptors (Lipinski definition) is 2. The van der Waals surface area contributed by atoms with Crippen molar-refractivity contribution in [2.45, 2.75) is 77.0 Å². The second kappa shape index (κ2) is 15.3. The van der Waals surface area contributed by atoms with Gasteiger partial charge in [0.05, 0.1) is 0 Å². The second-order valence-electron chi connectivity index (χ2n) is 11.6. The maximum Gasteiger partial charge on any atom is 0.0340 e. The van der Waals surface area contributed by atoms with Gasteiger partial charge in [-0.15, -0.1) is 0 Å². The van der Waals surface area contributed by atoms with E-state index < -0.39 is 0 Å². The SMILES string of the molecule is c1cc2ccc1CCCCCCc1ccc(cc1)Cc1ccc(cc1)NCCCCCCNc1ccc(cc1)C2. The molecule has 4 aromatic rings. The van der Waals surface area contributed by atoms with Crippen molar-refractivity contribution < 1.29 is 0 Å². The molecular weight excluding hydrogens is 484 g/mol. The van der Waals surface area contributed by atoms with Gasteiger partial charge in [-0.2, -0.15) is 0 Å². The number of nitrogens with one attached hydrogen (secondary N) is 2. The third kappa shape index (κ3) is 9.30. The highest BCUT2D eigenvalue weighted by atomic mass is 14.9. The Labute approximate surface area is 242 Å². The number of anilines is 2. The minimum absolute atomic E-state index is 1.000. The standard InChI is InChI=1S/C38H46N2/c1-2-6-10-32-13-17-34(18-14-32)30-36-21-25-38(26-22-36)40-28-8-4-3-7-27-39-37-23-19-35(20-24-37)29-33-15-11-31(9-5-1)12-16-33/h11-26,39-40H,1-10,27-30H2. The fourth-order valence-corrected chi connectivity index (χ4v) is 5.68. The molecule has 0 saturated carbocycles. The molecule has 0 radical (unpaired) electrons. The van der Waals surface area contributed by atoms with Crippen LogP contribution < -0.4 is 10.6 Å². The van der Waals surface area contributed by atoms with Crippen LogP contribution in [0.3, 0.4) is 0 Å². The van der Waals surface area contributed by atoms with Crippen molar-refractivity contribution in [3.8, 4) is 0 Å². The molecular formula is C38H46N2. The van der Waals surface area contributed by atoms with Crippen molar-refractivity contribution in [3.63, 3.8) is 0 Å². The lowest BCUT2D eigenvalue weighted by atomic mass is 9.99. The molecule has 4 aromatic carbocycles. The molecule has 0 amide bonds. The number of hydrogen-bond donors (Lipinski definition) is 2. The summed E-state index contributed by atoms with van der Waals surface area (Å²) in [5.74, 6) is 0. The zero-order chi connectivity index (χ0) is 27.2. The van der Waals surface area contributed by atoms with E-state index in [4.69, 9.17) is 0 Å². The molecule has 9 heterocycles. The molecule has 9 aliphatic heterocycles. The van der Waals surface area contributed by atoms with Gasteiger partial charge in [0.1, 0.15) is 0 Å². The van der Waals surface area contributed by atoms with Crippen molar-refractivity contribution in [3.05, 3.63) is 130 Å². The van der Waals surface area contributed by atoms with Crippen LogP contribution in [0, 0.1) is 0 Å². The molecule has 0 fully saturated rings. The van der Waals surface area contributed by atoms with Crippen LogP contribution in [0.2, 0.25) is 0 Å². The van der Waals surface area contributed by atoms with Crippen LogP contribution >= 0.6 is 0 Å². The molecule has 0 saturated heterocycles.